The number of halogens is 1. The second-order valence-electron chi connectivity index (χ2n) is 5.39. The van der Waals surface area contributed by atoms with Crippen LogP contribution in [0.3, 0.4) is 0 Å². The fraction of sp³-hybridized carbons (Fsp3) is 0.467. The van der Waals surface area contributed by atoms with Crippen LogP contribution in [-0.2, 0) is 6.42 Å². The Morgan fingerprint density at radius 1 is 1.35 bits per heavy atom. The molecule has 106 valence electrons. The van der Waals surface area contributed by atoms with Gasteiger partial charge >= 0.3 is 0 Å². The SMILES string of the molecule is NCC1CCCC1c1nc(Cc2cccc(Cl)c2)no1. The molecule has 1 aromatic heterocycles. The van der Waals surface area contributed by atoms with Crippen molar-refractivity contribution in [3.63, 3.8) is 0 Å². The van der Waals surface area contributed by atoms with E-state index >= 15 is 0 Å². The average molecular weight is 292 g/mol. The van der Waals surface area contributed by atoms with Crippen molar-refractivity contribution in [3.05, 3.63) is 46.6 Å². The molecule has 0 spiro atoms. The molecular weight excluding hydrogens is 274 g/mol. The molecule has 2 unspecified atom stereocenters. The van der Waals surface area contributed by atoms with Crippen LogP contribution >= 0.6 is 11.6 Å². The summed E-state index contributed by atoms with van der Waals surface area (Å²) in [6.07, 6.45) is 4.09. The first kappa shape index (κ1) is 13.6. The fourth-order valence-corrected chi connectivity index (χ4v) is 3.18. The maximum atomic E-state index is 5.98. The number of hydrogen-bond acceptors (Lipinski definition) is 4. The number of hydrogen-bond donors (Lipinski definition) is 1. The second-order valence-corrected chi connectivity index (χ2v) is 5.83. The first-order valence-corrected chi connectivity index (χ1v) is 7.41. The number of aromatic nitrogens is 2. The van der Waals surface area contributed by atoms with Crippen LogP contribution in [0.2, 0.25) is 5.02 Å². The highest BCUT2D eigenvalue weighted by atomic mass is 35.5. The molecule has 20 heavy (non-hydrogen) atoms. The van der Waals surface area contributed by atoms with Crippen LogP contribution in [0, 0.1) is 5.92 Å². The van der Waals surface area contributed by atoms with E-state index < -0.39 is 0 Å². The van der Waals surface area contributed by atoms with Gasteiger partial charge in [-0.1, -0.05) is 35.3 Å². The molecule has 3 rings (SSSR count). The van der Waals surface area contributed by atoms with Crippen molar-refractivity contribution in [2.24, 2.45) is 11.7 Å². The van der Waals surface area contributed by atoms with Gasteiger partial charge in [-0.2, -0.15) is 4.98 Å². The lowest BCUT2D eigenvalue weighted by Gasteiger charge is -2.12. The van der Waals surface area contributed by atoms with E-state index in [0.717, 1.165) is 29.3 Å². The van der Waals surface area contributed by atoms with Crippen molar-refractivity contribution in [2.45, 2.75) is 31.6 Å². The topological polar surface area (TPSA) is 64.9 Å². The highest BCUT2D eigenvalue weighted by molar-refractivity contribution is 6.30. The van der Waals surface area contributed by atoms with E-state index in [4.69, 9.17) is 21.9 Å². The molecule has 2 N–H and O–H groups in total. The Balaban J connectivity index is 1.73. The van der Waals surface area contributed by atoms with Gasteiger partial charge in [-0.15, -0.1) is 0 Å². The predicted octanol–water partition coefficient (Wildman–Crippen LogP) is 3.16. The number of nitrogens with zero attached hydrogens (tertiary/aromatic N) is 2. The molecular formula is C15H18ClN3O. The van der Waals surface area contributed by atoms with E-state index in [1.165, 1.54) is 6.42 Å². The molecule has 0 saturated heterocycles. The molecule has 1 aliphatic rings. The van der Waals surface area contributed by atoms with Gasteiger partial charge in [0, 0.05) is 17.4 Å². The molecule has 1 fully saturated rings. The third kappa shape index (κ3) is 2.86. The van der Waals surface area contributed by atoms with Crippen LogP contribution < -0.4 is 5.73 Å². The zero-order valence-corrected chi connectivity index (χ0v) is 12.0. The molecule has 1 heterocycles. The van der Waals surface area contributed by atoms with Gasteiger partial charge in [-0.3, -0.25) is 0 Å². The van der Waals surface area contributed by atoms with Gasteiger partial charge in [0.1, 0.15) is 0 Å². The first-order chi connectivity index (χ1) is 9.76. The van der Waals surface area contributed by atoms with E-state index in [-0.39, 0.29) is 0 Å². The smallest absolute Gasteiger partial charge is 0.230 e. The van der Waals surface area contributed by atoms with Crippen molar-refractivity contribution >= 4 is 11.6 Å². The van der Waals surface area contributed by atoms with Gasteiger partial charge in [-0.25, -0.2) is 0 Å². The molecule has 0 bridgehead atoms. The molecule has 4 nitrogen and oxygen atoms in total. The maximum absolute atomic E-state index is 5.98. The Kier molecular flexibility index (Phi) is 4.03. The summed E-state index contributed by atoms with van der Waals surface area (Å²) in [5.41, 5.74) is 6.89. The Bertz CT molecular complexity index is 584. The number of benzene rings is 1. The predicted molar refractivity (Wildman–Crippen MR) is 77.7 cm³/mol. The van der Waals surface area contributed by atoms with Crippen LogP contribution in [0.4, 0.5) is 0 Å². The lowest BCUT2D eigenvalue weighted by molar-refractivity contribution is 0.323. The summed E-state index contributed by atoms with van der Waals surface area (Å²) >= 11 is 5.98. The minimum absolute atomic E-state index is 0.334. The Hall–Kier alpha value is -1.39. The van der Waals surface area contributed by atoms with E-state index in [0.29, 0.717) is 30.6 Å². The van der Waals surface area contributed by atoms with Gasteiger partial charge < -0.3 is 10.3 Å². The Morgan fingerprint density at radius 3 is 3.05 bits per heavy atom. The van der Waals surface area contributed by atoms with Crippen molar-refractivity contribution < 1.29 is 4.52 Å². The zero-order valence-electron chi connectivity index (χ0n) is 11.3. The van der Waals surface area contributed by atoms with Gasteiger partial charge in [0.25, 0.3) is 0 Å². The largest absolute Gasteiger partial charge is 0.339 e. The highest BCUT2D eigenvalue weighted by Gasteiger charge is 2.31. The summed E-state index contributed by atoms with van der Waals surface area (Å²) in [6, 6.07) is 7.73. The summed E-state index contributed by atoms with van der Waals surface area (Å²) in [7, 11) is 0. The molecule has 1 aromatic carbocycles. The van der Waals surface area contributed by atoms with Crippen molar-refractivity contribution in [1.29, 1.82) is 0 Å². The minimum Gasteiger partial charge on any atom is -0.339 e. The summed E-state index contributed by atoms with van der Waals surface area (Å²) in [5.74, 6) is 2.27. The lowest BCUT2D eigenvalue weighted by Crippen LogP contribution is -2.17. The maximum Gasteiger partial charge on any atom is 0.230 e. The van der Waals surface area contributed by atoms with Crippen LogP contribution in [0.5, 0.6) is 0 Å². The summed E-state index contributed by atoms with van der Waals surface area (Å²) in [4.78, 5) is 4.54. The zero-order chi connectivity index (χ0) is 13.9. The summed E-state index contributed by atoms with van der Waals surface area (Å²) in [6.45, 7) is 0.691. The summed E-state index contributed by atoms with van der Waals surface area (Å²) in [5, 5.41) is 4.81. The van der Waals surface area contributed by atoms with Crippen molar-refractivity contribution in [2.75, 3.05) is 6.54 Å². The lowest BCUT2D eigenvalue weighted by atomic mass is 9.96. The van der Waals surface area contributed by atoms with Gasteiger partial charge in [-0.05, 0) is 43.0 Å². The van der Waals surface area contributed by atoms with E-state index in [1.54, 1.807) is 0 Å². The normalized spacial score (nSPS) is 22.3. The first-order valence-electron chi connectivity index (χ1n) is 7.03. The number of rotatable bonds is 4. The van der Waals surface area contributed by atoms with Gasteiger partial charge in [0.2, 0.25) is 5.89 Å². The Labute approximate surface area is 123 Å². The Morgan fingerprint density at radius 2 is 2.25 bits per heavy atom. The van der Waals surface area contributed by atoms with Crippen LogP contribution in [0.25, 0.3) is 0 Å². The average Bonchev–Trinajstić information content (AvgIpc) is 3.06. The van der Waals surface area contributed by atoms with E-state index in [9.17, 15) is 0 Å². The monoisotopic (exact) mass is 291 g/mol. The number of nitrogens with two attached hydrogens (primary N) is 1. The minimum atomic E-state index is 0.334. The van der Waals surface area contributed by atoms with Crippen LogP contribution in [0.15, 0.2) is 28.8 Å². The molecule has 1 aliphatic carbocycles. The van der Waals surface area contributed by atoms with Crippen LogP contribution in [-0.4, -0.2) is 16.7 Å². The quantitative estimate of drug-likeness (QED) is 0.940. The van der Waals surface area contributed by atoms with Gasteiger partial charge in [0.05, 0.1) is 0 Å². The van der Waals surface area contributed by atoms with Gasteiger partial charge in [0.15, 0.2) is 5.82 Å². The molecule has 1 saturated carbocycles. The standard InChI is InChI=1S/C15H18ClN3O/c16-12-5-1-3-10(7-12)8-14-18-15(20-19-14)13-6-2-4-11(13)9-17/h1,3,5,7,11,13H,2,4,6,8-9,17H2. The summed E-state index contributed by atoms with van der Waals surface area (Å²) < 4.78 is 5.43. The van der Waals surface area contributed by atoms with E-state index in [1.807, 2.05) is 24.3 Å². The van der Waals surface area contributed by atoms with Crippen LogP contribution in [0.1, 0.15) is 42.5 Å². The highest BCUT2D eigenvalue weighted by Crippen LogP contribution is 2.38. The molecule has 2 aromatic rings. The third-order valence-corrected chi connectivity index (χ3v) is 4.25. The van der Waals surface area contributed by atoms with Crippen molar-refractivity contribution in [1.82, 2.24) is 10.1 Å². The molecule has 0 aliphatic heterocycles. The molecule has 2 atom stereocenters. The van der Waals surface area contributed by atoms with Crippen molar-refractivity contribution in [3.8, 4) is 0 Å². The second kappa shape index (κ2) is 5.94. The molecule has 5 heteroatoms. The molecule has 0 radical (unpaired) electrons. The molecule has 0 amide bonds. The van der Waals surface area contributed by atoms with E-state index in [2.05, 4.69) is 10.1 Å². The third-order valence-electron chi connectivity index (χ3n) is 4.01. The fourth-order valence-electron chi connectivity index (χ4n) is 2.96.